The summed E-state index contributed by atoms with van der Waals surface area (Å²) in [5.41, 5.74) is 0.683. The van der Waals surface area contributed by atoms with Gasteiger partial charge in [0.05, 0.1) is 17.9 Å². The molecule has 128 valence electrons. The molecule has 6 nitrogen and oxygen atoms in total. The molecule has 0 atom stereocenters. The molecule has 0 aromatic carbocycles. The molecule has 1 aliphatic heterocycles. The summed E-state index contributed by atoms with van der Waals surface area (Å²) in [4.78, 5) is 13.9. The molecule has 0 spiro atoms. The summed E-state index contributed by atoms with van der Waals surface area (Å²) < 4.78 is 7.49. The SMILES string of the molecule is CC(C)(C)OC(=O)N1CCC(n2cc(NC3CCC3)cn2)CC1. The van der Waals surface area contributed by atoms with Gasteiger partial charge >= 0.3 is 6.09 Å². The lowest BCUT2D eigenvalue weighted by Crippen LogP contribution is -2.42. The Morgan fingerprint density at radius 3 is 2.52 bits per heavy atom. The topological polar surface area (TPSA) is 59.4 Å². The summed E-state index contributed by atoms with van der Waals surface area (Å²) in [6.45, 7) is 7.16. The van der Waals surface area contributed by atoms with Crippen LogP contribution in [-0.4, -0.2) is 45.5 Å². The predicted molar refractivity (Wildman–Crippen MR) is 89.6 cm³/mol. The Balaban J connectivity index is 1.49. The second-order valence-electron chi connectivity index (χ2n) is 7.68. The molecule has 1 aromatic rings. The molecule has 1 saturated heterocycles. The van der Waals surface area contributed by atoms with Crippen LogP contribution in [0.1, 0.15) is 58.9 Å². The number of hydrogen-bond acceptors (Lipinski definition) is 4. The Morgan fingerprint density at radius 2 is 1.96 bits per heavy atom. The lowest BCUT2D eigenvalue weighted by molar-refractivity contribution is 0.0185. The summed E-state index contributed by atoms with van der Waals surface area (Å²) in [6.07, 6.45) is 9.51. The van der Waals surface area contributed by atoms with E-state index in [4.69, 9.17) is 4.74 Å². The maximum absolute atomic E-state index is 12.1. The molecule has 1 N–H and O–H groups in total. The third-order valence-corrected chi connectivity index (χ3v) is 4.57. The maximum Gasteiger partial charge on any atom is 0.410 e. The summed E-state index contributed by atoms with van der Waals surface area (Å²) in [5, 5.41) is 8.02. The molecule has 0 bridgehead atoms. The van der Waals surface area contributed by atoms with Crippen LogP contribution >= 0.6 is 0 Å². The number of carbonyl (C=O) groups is 1. The third kappa shape index (κ3) is 4.18. The van der Waals surface area contributed by atoms with Crippen LogP contribution in [0.5, 0.6) is 0 Å². The Kier molecular flexibility index (Phi) is 4.50. The maximum atomic E-state index is 12.1. The molecule has 0 unspecified atom stereocenters. The van der Waals surface area contributed by atoms with Crippen LogP contribution in [0.25, 0.3) is 0 Å². The number of nitrogens with zero attached hydrogens (tertiary/aromatic N) is 3. The van der Waals surface area contributed by atoms with Gasteiger partial charge in [-0.05, 0) is 52.9 Å². The van der Waals surface area contributed by atoms with Gasteiger partial charge < -0.3 is 15.0 Å². The van der Waals surface area contributed by atoms with E-state index in [-0.39, 0.29) is 6.09 Å². The minimum Gasteiger partial charge on any atom is -0.444 e. The first-order chi connectivity index (χ1) is 10.9. The average Bonchev–Trinajstić information content (AvgIpc) is 2.90. The molecule has 1 aliphatic carbocycles. The van der Waals surface area contributed by atoms with Crippen molar-refractivity contribution >= 4 is 11.8 Å². The van der Waals surface area contributed by atoms with Gasteiger partial charge in [0.25, 0.3) is 0 Å². The number of carbonyl (C=O) groups excluding carboxylic acids is 1. The van der Waals surface area contributed by atoms with Crippen molar-refractivity contribution in [2.75, 3.05) is 18.4 Å². The van der Waals surface area contributed by atoms with Gasteiger partial charge in [0.2, 0.25) is 0 Å². The minimum atomic E-state index is -0.433. The van der Waals surface area contributed by atoms with Crippen LogP contribution in [0.2, 0.25) is 0 Å². The molecule has 2 aliphatic rings. The van der Waals surface area contributed by atoms with Crippen LogP contribution < -0.4 is 5.32 Å². The van der Waals surface area contributed by atoms with Crippen LogP contribution in [0.3, 0.4) is 0 Å². The fourth-order valence-electron chi connectivity index (χ4n) is 3.04. The fraction of sp³-hybridized carbons (Fsp3) is 0.765. The van der Waals surface area contributed by atoms with Gasteiger partial charge in [0.15, 0.2) is 0 Å². The number of ether oxygens (including phenoxy) is 1. The van der Waals surface area contributed by atoms with Crippen molar-refractivity contribution in [3.05, 3.63) is 12.4 Å². The zero-order chi connectivity index (χ0) is 16.4. The van der Waals surface area contributed by atoms with E-state index in [0.717, 1.165) is 31.6 Å². The quantitative estimate of drug-likeness (QED) is 0.927. The molecule has 1 aromatic heterocycles. The normalized spacial score (nSPS) is 20.2. The van der Waals surface area contributed by atoms with E-state index >= 15 is 0 Å². The monoisotopic (exact) mass is 320 g/mol. The lowest BCUT2D eigenvalue weighted by Gasteiger charge is -2.33. The van der Waals surface area contributed by atoms with Gasteiger partial charge in [-0.25, -0.2) is 4.79 Å². The van der Waals surface area contributed by atoms with Gasteiger partial charge in [0, 0.05) is 25.3 Å². The fourth-order valence-corrected chi connectivity index (χ4v) is 3.04. The first kappa shape index (κ1) is 16.1. The van der Waals surface area contributed by atoms with Crippen molar-refractivity contribution in [1.82, 2.24) is 14.7 Å². The highest BCUT2D eigenvalue weighted by Crippen LogP contribution is 2.26. The van der Waals surface area contributed by atoms with E-state index in [0.29, 0.717) is 12.1 Å². The second-order valence-corrected chi connectivity index (χ2v) is 7.68. The second kappa shape index (κ2) is 6.42. The number of nitrogens with one attached hydrogen (secondary N) is 1. The van der Waals surface area contributed by atoms with E-state index in [1.807, 2.05) is 31.6 Å². The number of piperidine rings is 1. The van der Waals surface area contributed by atoms with Gasteiger partial charge in [-0.3, -0.25) is 4.68 Å². The summed E-state index contributed by atoms with van der Waals surface area (Å²) in [6, 6.07) is 0.993. The molecule has 0 radical (unpaired) electrons. The molecule has 23 heavy (non-hydrogen) atoms. The average molecular weight is 320 g/mol. The first-order valence-electron chi connectivity index (χ1n) is 8.69. The standard InChI is InChI=1S/C17H28N4O2/c1-17(2,3)23-16(22)20-9-7-15(8-10-20)21-12-14(11-18-21)19-13-5-4-6-13/h11-13,15,19H,4-10H2,1-3H3. The highest BCUT2D eigenvalue weighted by molar-refractivity contribution is 5.68. The molecule has 2 fully saturated rings. The minimum absolute atomic E-state index is 0.205. The summed E-state index contributed by atoms with van der Waals surface area (Å²) >= 11 is 0. The molecule has 6 heteroatoms. The molecule has 3 rings (SSSR count). The van der Waals surface area contributed by atoms with Gasteiger partial charge in [-0.2, -0.15) is 5.10 Å². The van der Waals surface area contributed by atoms with Crippen molar-refractivity contribution < 1.29 is 9.53 Å². The number of rotatable bonds is 3. The lowest BCUT2D eigenvalue weighted by atomic mass is 9.93. The molecule has 2 heterocycles. The highest BCUT2D eigenvalue weighted by Gasteiger charge is 2.28. The Bertz CT molecular complexity index is 537. The number of hydrogen-bond donors (Lipinski definition) is 1. The van der Waals surface area contributed by atoms with Crippen molar-refractivity contribution in [2.24, 2.45) is 0 Å². The van der Waals surface area contributed by atoms with Crippen LogP contribution in [-0.2, 0) is 4.74 Å². The van der Waals surface area contributed by atoms with E-state index in [1.54, 1.807) is 4.90 Å². The number of anilines is 1. The molecular weight excluding hydrogens is 292 g/mol. The number of amides is 1. The molecule has 1 saturated carbocycles. The van der Waals surface area contributed by atoms with Crippen LogP contribution in [0.15, 0.2) is 12.4 Å². The van der Waals surface area contributed by atoms with Crippen LogP contribution in [0, 0.1) is 0 Å². The first-order valence-corrected chi connectivity index (χ1v) is 8.69. The Labute approximate surface area is 138 Å². The third-order valence-electron chi connectivity index (χ3n) is 4.57. The summed E-state index contributed by atoms with van der Waals surface area (Å²) in [7, 11) is 0. The zero-order valence-corrected chi connectivity index (χ0v) is 14.4. The zero-order valence-electron chi connectivity index (χ0n) is 14.4. The Morgan fingerprint density at radius 1 is 1.26 bits per heavy atom. The molecular formula is C17H28N4O2. The van der Waals surface area contributed by atoms with Crippen molar-refractivity contribution in [3.8, 4) is 0 Å². The van der Waals surface area contributed by atoms with E-state index < -0.39 is 5.60 Å². The predicted octanol–water partition coefficient (Wildman–Crippen LogP) is 3.42. The summed E-state index contributed by atoms with van der Waals surface area (Å²) in [5.74, 6) is 0. The molecule has 1 amide bonds. The smallest absolute Gasteiger partial charge is 0.410 e. The largest absolute Gasteiger partial charge is 0.444 e. The number of aromatic nitrogens is 2. The van der Waals surface area contributed by atoms with E-state index in [1.165, 1.54) is 19.3 Å². The van der Waals surface area contributed by atoms with Gasteiger partial charge in [0.1, 0.15) is 5.60 Å². The Hall–Kier alpha value is -1.72. The van der Waals surface area contributed by atoms with E-state index in [9.17, 15) is 4.79 Å². The van der Waals surface area contributed by atoms with E-state index in [2.05, 4.69) is 16.6 Å². The highest BCUT2D eigenvalue weighted by atomic mass is 16.6. The van der Waals surface area contributed by atoms with Crippen LogP contribution in [0.4, 0.5) is 10.5 Å². The van der Waals surface area contributed by atoms with Crippen molar-refractivity contribution in [2.45, 2.75) is 70.6 Å². The van der Waals surface area contributed by atoms with Gasteiger partial charge in [-0.1, -0.05) is 0 Å². The van der Waals surface area contributed by atoms with Crippen molar-refractivity contribution in [3.63, 3.8) is 0 Å². The van der Waals surface area contributed by atoms with Gasteiger partial charge in [-0.15, -0.1) is 0 Å². The number of likely N-dealkylation sites (tertiary alicyclic amines) is 1. The van der Waals surface area contributed by atoms with Crippen molar-refractivity contribution in [1.29, 1.82) is 0 Å².